The normalized spacial score (nSPS) is 18.5. The fourth-order valence-electron chi connectivity index (χ4n) is 2.19. The molecule has 0 radical (unpaired) electrons. The Morgan fingerprint density at radius 3 is 2.53 bits per heavy atom. The Kier molecular flexibility index (Phi) is 6.52. The zero-order valence-corrected chi connectivity index (χ0v) is 11.5. The van der Waals surface area contributed by atoms with E-state index >= 15 is 0 Å². The number of nitrogens with zero attached hydrogens (tertiary/aromatic N) is 2. The lowest BCUT2D eigenvalue weighted by Gasteiger charge is -2.29. The third kappa shape index (κ3) is 5.50. The van der Waals surface area contributed by atoms with Gasteiger partial charge in [0.05, 0.1) is 6.04 Å². The van der Waals surface area contributed by atoms with Crippen LogP contribution in [0.1, 0.15) is 32.6 Å². The quantitative estimate of drug-likeness (QED) is 0.703. The SMILES string of the molecule is C[C@@H](NCCCN(C)C)C(=O)N1CCCCC1. The molecule has 0 aromatic carbocycles. The van der Waals surface area contributed by atoms with Gasteiger partial charge in [0.25, 0.3) is 0 Å². The number of rotatable bonds is 6. The molecule has 1 heterocycles. The third-order valence-corrected chi connectivity index (χ3v) is 3.27. The van der Waals surface area contributed by atoms with Gasteiger partial charge in [0.15, 0.2) is 0 Å². The van der Waals surface area contributed by atoms with Crippen molar-refractivity contribution in [1.29, 1.82) is 0 Å². The second kappa shape index (κ2) is 7.67. The first-order valence-electron chi connectivity index (χ1n) is 6.78. The van der Waals surface area contributed by atoms with Gasteiger partial charge in [-0.15, -0.1) is 0 Å². The molecular formula is C13H27N3O. The summed E-state index contributed by atoms with van der Waals surface area (Å²) < 4.78 is 0. The summed E-state index contributed by atoms with van der Waals surface area (Å²) in [5.41, 5.74) is 0. The van der Waals surface area contributed by atoms with Gasteiger partial charge in [-0.2, -0.15) is 0 Å². The predicted molar refractivity (Wildman–Crippen MR) is 71.1 cm³/mol. The number of hydrogen-bond donors (Lipinski definition) is 1. The highest BCUT2D eigenvalue weighted by Crippen LogP contribution is 2.09. The molecule has 1 amide bonds. The van der Waals surface area contributed by atoms with Gasteiger partial charge < -0.3 is 15.1 Å². The van der Waals surface area contributed by atoms with Crippen LogP contribution in [0.2, 0.25) is 0 Å². The summed E-state index contributed by atoms with van der Waals surface area (Å²) in [5.74, 6) is 0.273. The minimum absolute atomic E-state index is 0.0322. The molecule has 0 unspecified atom stereocenters. The molecule has 1 fully saturated rings. The number of piperidine rings is 1. The van der Waals surface area contributed by atoms with Crippen molar-refractivity contribution in [2.24, 2.45) is 0 Å². The van der Waals surface area contributed by atoms with Crippen molar-refractivity contribution in [3.8, 4) is 0 Å². The van der Waals surface area contributed by atoms with Crippen molar-refractivity contribution in [2.45, 2.75) is 38.6 Å². The van der Waals surface area contributed by atoms with Gasteiger partial charge >= 0.3 is 0 Å². The van der Waals surface area contributed by atoms with Crippen molar-refractivity contribution < 1.29 is 4.79 Å². The molecule has 4 nitrogen and oxygen atoms in total. The molecule has 100 valence electrons. The minimum atomic E-state index is -0.0322. The summed E-state index contributed by atoms with van der Waals surface area (Å²) in [6, 6.07) is -0.0322. The van der Waals surface area contributed by atoms with Crippen molar-refractivity contribution in [3.05, 3.63) is 0 Å². The van der Waals surface area contributed by atoms with Crippen molar-refractivity contribution in [3.63, 3.8) is 0 Å². The Hall–Kier alpha value is -0.610. The van der Waals surface area contributed by atoms with Crippen LogP contribution in [0.5, 0.6) is 0 Å². The van der Waals surface area contributed by atoms with Gasteiger partial charge in [0, 0.05) is 13.1 Å². The second-order valence-electron chi connectivity index (χ2n) is 5.22. The minimum Gasteiger partial charge on any atom is -0.341 e. The van der Waals surface area contributed by atoms with Gasteiger partial charge in [0.1, 0.15) is 0 Å². The third-order valence-electron chi connectivity index (χ3n) is 3.27. The van der Waals surface area contributed by atoms with E-state index in [1.165, 1.54) is 19.3 Å². The number of carbonyl (C=O) groups is 1. The topological polar surface area (TPSA) is 35.6 Å². The average molecular weight is 241 g/mol. The lowest BCUT2D eigenvalue weighted by molar-refractivity contribution is -0.133. The van der Waals surface area contributed by atoms with E-state index in [0.717, 1.165) is 32.6 Å². The molecule has 0 bridgehead atoms. The van der Waals surface area contributed by atoms with Crippen LogP contribution in [0, 0.1) is 0 Å². The predicted octanol–water partition coefficient (Wildman–Crippen LogP) is 0.929. The Morgan fingerprint density at radius 2 is 1.94 bits per heavy atom. The summed E-state index contributed by atoms with van der Waals surface area (Å²) in [6.07, 6.45) is 4.69. The highest BCUT2D eigenvalue weighted by Gasteiger charge is 2.21. The molecule has 0 aromatic rings. The number of carbonyl (C=O) groups excluding carboxylic acids is 1. The molecule has 1 aliphatic rings. The van der Waals surface area contributed by atoms with Gasteiger partial charge in [-0.3, -0.25) is 4.79 Å². The summed E-state index contributed by atoms with van der Waals surface area (Å²) in [4.78, 5) is 16.3. The molecular weight excluding hydrogens is 214 g/mol. The van der Waals surface area contributed by atoms with E-state index in [9.17, 15) is 4.79 Å². The lowest BCUT2D eigenvalue weighted by Crippen LogP contribution is -2.47. The molecule has 1 N–H and O–H groups in total. The first kappa shape index (κ1) is 14.5. The van der Waals surface area contributed by atoms with E-state index in [1.807, 2.05) is 11.8 Å². The number of hydrogen-bond acceptors (Lipinski definition) is 3. The van der Waals surface area contributed by atoms with Crippen LogP contribution < -0.4 is 5.32 Å². The standard InChI is InChI=1S/C13H27N3O/c1-12(14-8-7-9-15(2)3)13(17)16-10-5-4-6-11-16/h12,14H,4-11H2,1-3H3/t12-/m1/s1. The monoisotopic (exact) mass is 241 g/mol. The van der Waals surface area contributed by atoms with Crippen molar-refractivity contribution in [1.82, 2.24) is 15.1 Å². The van der Waals surface area contributed by atoms with Crippen LogP contribution in [0.4, 0.5) is 0 Å². The molecule has 1 atom stereocenters. The van der Waals surface area contributed by atoms with Crippen LogP contribution in [-0.2, 0) is 4.79 Å². The van der Waals surface area contributed by atoms with Gasteiger partial charge in [-0.25, -0.2) is 0 Å². The number of amides is 1. The average Bonchev–Trinajstić information content (AvgIpc) is 2.34. The second-order valence-corrected chi connectivity index (χ2v) is 5.22. The molecule has 0 aliphatic carbocycles. The number of nitrogens with one attached hydrogen (secondary N) is 1. The summed E-state index contributed by atoms with van der Waals surface area (Å²) in [7, 11) is 4.14. The summed E-state index contributed by atoms with van der Waals surface area (Å²) in [6.45, 7) is 5.86. The van der Waals surface area contributed by atoms with E-state index in [4.69, 9.17) is 0 Å². The van der Waals surface area contributed by atoms with Gasteiger partial charge in [0.2, 0.25) is 5.91 Å². The summed E-state index contributed by atoms with van der Waals surface area (Å²) >= 11 is 0. The molecule has 1 saturated heterocycles. The van der Waals surface area contributed by atoms with Crippen LogP contribution in [0.3, 0.4) is 0 Å². The Bertz CT molecular complexity index is 225. The van der Waals surface area contributed by atoms with E-state index in [0.29, 0.717) is 0 Å². The van der Waals surface area contributed by atoms with Crippen LogP contribution >= 0.6 is 0 Å². The van der Waals surface area contributed by atoms with Crippen molar-refractivity contribution >= 4 is 5.91 Å². The molecule has 1 aliphatic heterocycles. The van der Waals surface area contributed by atoms with E-state index in [2.05, 4.69) is 24.3 Å². The lowest BCUT2D eigenvalue weighted by atomic mass is 10.1. The number of likely N-dealkylation sites (tertiary alicyclic amines) is 1. The van der Waals surface area contributed by atoms with Crippen LogP contribution in [-0.4, -0.2) is 62.0 Å². The molecule has 1 rings (SSSR count). The van der Waals surface area contributed by atoms with Gasteiger partial charge in [-0.05, 0) is 59.8 Å². The fourth-order valence-corrected chi connectivity index (χ4v) is 2.19. The first-order valence-corrected chi connectivity index (χ1v) is 6.78. The molecule has 0 saturated carbocycles. The molecule has 4 heteroatoms. The first-order chi connectivity index (χ1) is 8.11. The van der Waals surface area contributed by atoms with E-state index in [1.54, 1.807) is 0 Å². The fraction of sp³-hybridized carbons (Fsp3) is 0.923. The Labute approximate surface area is 105 Å². The molecule has 0 spiro atoms. The maximum absolute atomic E-state index is 12.1. The molecule has 0 aromatic heterocycles. The van der Waals surface area contributed by atoms with E-state index in [-0.39, 0.29) is 11.9 Å². The smallest absolute Gasteiger partial charge is 0.239 e. The van der Waals surface area contributed by atoms with Gasteiger partial charge in [-0.1, -0.05) is 0 Å². The zero-order valence-electron chi connectivity index (χ0n) is 11.5. The van der Waals surface area contributed by atoms with Crippen LogP contribution in [0.25, 0.3) is 0 Å². The van der Waals surface area contributed by atoms with Crippen molar-refractivity contribution in [2.75, 3.05) is 40.3 Å². The van der Waals surface area contributed by atoms with E-state index < -0.39 is 0 Å². The Balaban J connectivity index is 2.17. The molecule has 17 heavy (non-hydrogen) atoms. The maximum atomic E-state index is 12.1. The largest absolute Gasteiger partial charge is 0.341 e. The summed E-state index contributed by atoms with van der Waals surface area (Å²) in [5, 5.41) is 3.32. The Morgan fingerprint density at radius 1 is 1.29 bits per heavy atom. The highest BCUT2D eigenvalue weighted by atomic mass is 16.2. The van der Waals surface area contributed by atoms with Crippen LogP contribution in [0.15, 0.2) is 0 Å². The highest BCUT2D eigenvalue weighted by molar-refractivity contribution is 5.81. The zero-order chi connectivity index (χ0) is 12.7. The maximum Gasteiger partial charge on any atom is 0.239 e.